The number of hydrogen-bond acceptors (Lipinski definition) is 2. The van der Waals surface area contributed by atoms with Crippen molar-refractivity contribution in [3.8, 4) is 0 Å². The molecule has 1 unspecified atom stereocenters. The molecule has 0 saturated heterocycles. The molecule has 1 aromatic carbocycles. The van der Waals surface area contributed by atoms with Crippen LogP contribution in [0.2, 0.25) is 0 Å². The molecule has 1 aromatic rings. The Labute approximate surface area is 123 Å². The summed E-state index contributed by atoms with van der Waals surface area (Å²) in [6.07, 6.45) is 0. The lowest BCUT2D eigenvalue weighted by atomic mass is 9.96. The lowest BCUT2D eigenvalue weighted by molar-refractivity contribution is -0.142. The van der Waals surface area contributed by atoms with Crippen molar-refractivity contribution in [2.45, 2.75) is 20.8 Å². The normalized spacial score (nSPS) is 12.0. The summed E-state index contributed by atoms with van der Waals surface area (Å²) in [5.74, 6) is -2.12. The van der Waals surface area contributed by atoms with E-state index < -0.39 is 23.7 Å². The lowest BCUT2D eigenvalue weighted by Crippen LogP contribution is -2.44. The molecule has 1 rings (SSSR count). The molecule has 1 atom stereocenters. The largest absolute Gasteiger partial charge is 0.481 e. The number of carboxylic acids is 1. The molecule has 2 amide bonds. The number of hydrogen-bond donors (Lipinski definition) is 2. The molecule has 0 aliphatic rings. The van der Waals surface area contributed by atoms with E-state index >= 15 is 0 Å². The molecule has 0 heterocycles. The van der Waals surface area contributed by atoms with Gasteiger partial charge in [-0.15, -0.1) is 0 Å². The van der Waals surface area contributed by atoms with E-state index in [2.05, 4.69) is 5.32 Å². The van der Waals surface area contributed by atoms with E-state index in [0.29, 0.717) is 12.2 Å². The fourth-order valence-corrected chi connectivity index (χ4v) is 1.99. The topological polar surface area (TPSA) is 69.6 Å². The summed E-state index contributed by atoms with van der Waals surface area (Å²) >= 11 is 0. The van der Waals surface area contributed by atoms with Gasteiger partial charge in [0.2, 0.25) is 0 Å². The number of rotatable bonds is 6. The maximum atomic E-state index is 13.2. The van der Waals surface area contributed by atoms with Crippen LogP contribution in [0.25, 0.3) is 0 Å². The van der Waals surface area contributed by atoms with Gasteiger partial charge < -0.3 is 10.4 Å². The zero-order valence-electron chi connectivity index (χ0n) is 12.5. The molecule has 0 aliphatic carbocycles. The first-order chi connectivity index (χ1) is 9.86. The molecule has 0 radical (unpaired) electrons. The number of halogens is 1. The lowest BCUT2D eigenvalue weighted by Gasteiger charge is -2.23. The maximum Gasteiger partial charge on any atom is 0.321 e. The van der Waals surface area contributed by atoms with Crippen LogP contribution in [0.4, 0.5) is 14.9 Å². The minimum Gasteiger partial charge on any atom is -0.481 e. The van der Waals surface area contributed by atoms with Gasteiger partial charge in [0.25, 0.3) is 0 Å². The fraction of sp³-hybridized carbons (Fsp3) is 0.467. The van der Waals surface area contributed by atoms with E-state index in [0.717, 1.165) is 0 Å². The molecule has 6 heteroatoms. The Morgan fingerprint density at radius 3 is 2.52 bits per heavy atom. The van der Waals surface area contributed by atoms with E-state index in [1.165, 1.54) is 23.1 Å². The number of carbonyl (C=O) groups is 2. The monoisotopic (exact) mass is 296 g/mol. The molecule has 116 valence electrons. The number of nitrogens with one attached hydrogen (secondary N) is 1. The van der Waals surface area contributed by atoms with Gasteiger partial charge >= 0.3 is 12.0 Å². The molecular weight excluding hydrogens is 275 g/mol. The number of urea groups is 1. The third-order valence-electron chi connectivity index (χ3n) is 3.28. The maximum absolute atomic E-state index is 13.2. The van der Waals surface area contributed by atoms with Crippen LogP contribution >= 0.6 is 0 Å². The van der Waals surface area contributed by atoms with Crippen molar-refractivity contribution in [2.75, 3.05) is 18.0 Å². The Kier molecular flexibility index (Phi) is 6.14. The average Bonchev–Trinajstić information content (AvgIpc) is 2.39. The van der Waals surface area contributed by atoms with E-state index in [9.17, 15) is 14.0 Å². The van der Waals surface area contributed by atoms with E-state index in [1.54, 1.807) is 26.8 Å². The molecule has 0 saturated carbocycles. The van der Waals surface area contributed by atoms with Gasteiger partial charge in [0, 0.05) is 18.8 Å². The van der Waals surface area contributed by atoms with Gasteiger partial charge in [0.05, 0.1) is 5.92 Å². The Morgan fingerprint density at radius 1 is 1.38 bits per heavy atom. The van der Waals surface area contributed by atoms with Crippen molar-refractivity contribution < 1.29 is 19.1 Å². The standard InChI is InChI=1S/C15H21FN2O3/c1-4-18(12-7-5-6-11(16)8-12)15(21)17-9-13(10(2)3)14(19)20/h5-8,10,13H,4,9H2,1-3H3,(H,17,21)(H,19,20). The van der Waals surface area contributed by atoms with Gasteiger partial charge in [0.15, 0.2) is 0 Å². The Balaban J connectivity index is 2.74. The predicted octanol–water partition coefficient (Wildman–Crippen LogP) is 2.72. The highest BCUT2D eigenvalue weighted by molar-refractivity contribution is 5.92. The van der Waals surface area contributed by atoms with Crippen LogP contribution in [0, 0.1) is 17.7 Å². The minimum atomic E-state index is -0.945. The fourth-order valence-electron chi connectivity index (χ4n) is 1.99. The first-order valence-electron chi connectivity index (χ1n) is 6.90. The number of benzene rings is 1. The summed E-state index contributed by atoms with van der Waals surface area (Å²) in [6.45, 7) is 5.73. The van der Waals surface area contributed by atoms with Crippen molar-refractivity contribution in [1.82, 2.24) is 5.32 Å². The molecule has 0 spiro atoms. The van der Waals surface area contributed by atoms with Crippen LogP contribution in [0.5, 0.6) is 0 Å². The first-order valence-corrected chi connectivity index (χ1v) is 6.90. The quantitative estimate of drug-likeness (QED) is 0.848. The van der Waals surface area contributed by atoms with Crippen LogP contribution in [-0.2, 0) is 4.79 Å². The molecule has 0 aliphatic heterocycles. The van der Waals surface area contributed by atoms with Crippen molar-refractivity contribution >= 4 is 17.7 Å². The van der Waals surface area contributed by atoms with Gasteiger partial charge in [-0.2, -0.15) is 0 Å². The van der Waals surface area contributed by atoms with Gasteiger partial charge in [-0.1, -0.05) is 19.9 Å². The first kappa shape index (κ1) is 16.9. The third-order valence-corrected chi connectivity index (χ3v) is 3.28. The number of anilines is 1. The van der Waals surface area contributed by atoms with Crippen LogP contribution in [-0.4, -0.2) is 30.2 Å². The summed E-state index contributed by atoms with van der Waals surface area (Å²) in [5, 5.41) is 11.7. The molecule has 0 bridgehead atoms. The molecule has 0 aromatic heterocycles. The number of aliphatic carboxylic acids is 1. The minimum absolute atomic E-state index is 0.0393. The molecule has 5 nitrogen and oxygen atoms in total. The summed E-state index contributed by atoms with van der Waals surface area (Å²) in [7, 11) is 0. The van der Waals surface area contributed by atoms with Gasteiger partial charge in [-0.3, -0.25) is 9.69 Å². The second-order valence-electron chi connectivity index (χ2n) is 5.10. The summed E-state index contributed by atoms with van der Waals surface area (Å²) < 4.78 is 13.2. The molecule has 0 fully saturated rings. The smallest absolute Gasteiger partial charge is 0.321 e. The Morgan fingerprint density at radius 2 is 2.05 bits per heavy atom. The van der Waals surface area contributed by atoms with Crippen LogP contribution in [0.1, 0.15) is 20.8 Å². The second-order valence-corrected chi connectivity index (χ2v) is 5.10. The van der Waals surface area contributed by atoms with Crippen molar-refractivity contribution in [1.29, 1.82) is 0 Å². The highest BCUT2D eigenvalue weighted by atomic mass is 19.1. The van der Waals surface area contributed by atoms with Crippen molar-refractivity contribution in [3.63, 3.8) is 0 Å². The second kappa shape index (κ2) is 7.61. The molecule has 21 heavy (non-hydrogen) atoms. The number of carboxylic acid groups (broad SMARTS) is 1. The van der Waals surface area contributed by atoms with Crippen molar-refractivity contribution in [3.05, 3.63) is 30.1 Å². The molecule has 2 N–H and O–H groups in total. The molecular formula is C15H21FN2O3. The summed E-state index contributed by atoms with van der Waals surface area (Å²) in [4.78, 5) is 24.6. The SMILES string of the molecule is CCN(C(=O)NCC(C(=O)O)C(C)C)c1cccc(F)c1. The van der Waals surface area contributed by atoms with Gasteiger partial charge in [0.1, 0.15) is 5.82 Å². The number of nitrogens with zero attached hydrogens (tertiary/aromatic N) is 1. The van der Waals surface area contributed by atoms with E-state index in [-0.39, 0.29) is 12.5 Å². The van der Waals surface area contributed by atoms with Crippen LogP contribution < -0.4 is 10.2 Å². The van der Waals surface area contributed by atoms with Gasteiger partial charge in [-0.25, -0.2) is 9.18 Å². The van der Waals surface area contributed by atoms with E-state index in [1.807, 2.05) is 0 Å². The third kappa shape index (κ3) is 4.73. The van der Waals surface area contributed by atoms with E-state index in [4.69, 9.17) is 5.11 Å². The summed E-state index contributed by atoms with van der Waals surface area (Å²) in [5.41, 5.74) is 0.437. The highest BCUT2D eigenvalue weighted by Crippen LogP contribution is 2.16. The average molecular weight is 296 g/mol. The Bertz CT molecular complexity index is 505. The predicted molar refractivity (Wildman–Crippen MR) is 78.8 cm³/mol. The van der Waals surface area contributed by atoms with Crippen LogP contribution in [0.3, 0.4) is 0 Å². The number of carbonyl (C=O) groups excluding carboxylic acids is 1. The highest BCUT2D eigenvalue weighted by Gasteiger charge is 2.23. The zero-order valence-corrected chi connectivity index (χ0v) is 12.5. The van der Waals surface area contributed by atoms with Gasteiger partial charge in [-0.05, 0) is 31.0 Å². The zero-order chi connectivity index (χ0) is 16.0. The number of amides is 2. The van der Waals surface area contributed by atoms with Crippen molar-refractivity contribution in [2.24, 2.45) is 11.8 Å². The summed E-state index contributed by atoms with van der Waals surface area (Å²) in [6, 6.07) is 5.28. The van der Waals surface area contributed by atoms with Crippen LogP contribution in [0.15, 0.2) is 24.3 Å². The Hall–Kier alpha value is -2.11.